The number of aliphatic hydroxyl groups excluding tert-OH is 3. The summed E-state index contributed by atoms with van der Waals surface area (Å²) in [5.41, 5.74) is 1.68. The van der Waals surface area contributed by atoms with Crippen LogP contribution in [0.2, 0.25) is 0 Å². The van der Waals surface area contributed by atoms with E-state index in [0.29, 0.717) is 67.8 Å². The molecule has 6 aromatic carbocycles. The van der Waals surface area contributed by atoms with Gasteiger partial charge in [0, 0.05) is 0 Å². The van der Waals surface area contributed by atoms with Gasteiger partial charge < -0.3 is 48.8 Å². The van der Waals surface area contributed by atoms with E-state index < -0.39 is 46.5 Å². The molecule has 308 valence electrons. The van der Waals surface area contributed by atoms with Crippen LogP contribution in [-0.4, -0.2) is 52.0 Å². The fraction of sp³-hybridized carbons (Fsp3) is 0.152. The zero-order valence-corrected chi connectivity index (χ0v) is 33.8. The number of rotatable bonds is 18. The van der Waals surface area contributed by atoms with Crippen molar-refractivity contribution in [1.82, 2.24) is 0 Å². The highest BCUT2D eigenvalue weighted by molar-refractivity contribution is 6.80. The first-order chi connectivity index (χ1) is 30.0. The Balaban J connectivity index is 1.33. The average Bonchev–Trinajstić information content (AvgIpc) is 3.31. The first-order valence-corrected chi connectivity index (χ1v) is 19.5. The van der Waals surface area contributed by atoms with Crippen molar-refractivity contribution in [3.8, 4) is 52.7 Å². The number of hydrogen-bond acceptors (Lipinski definition) is 13. The lowest BCUT2D eigenvalue weighted by molar-refractivity contribution is 0.126. The molecule has 1 atom stereocenters. The van der Waals surface area contributed by atoms with Crippen molar-refractivity contribution in [3.05, 3.63) is 161 Å². The van der Waals surface area contributed by atoms with E-state index in [9.17, 15) is 30.6 Å². The van der Waals surface area contributed by atoms with E-state index in [1.165, 1.54) is 0 Å². The third-order valence-corrected chi connectivity index (χ3v) is 10.2. The molecule has 0 aliphatic carbocycles. The van der Waals surface area contributed by atoms with Gasteiger partial charge in [0.15, 0.2) is 0 Å². The largest absolute Gasteiger partial charge is 0.491 e. The number of hydrogen-bond donors (Lipinski definition) is 5. The van der Waals surface area contributed by atoms with Gasteiger partial charge in [-0.25, -0.2) is 0 Å². The van der Waals surface area contributed by atoms with E-state index >= 15 is 0 Å². The molecule has 0 saturated heterocycles. The molecule has 0 saturated carbocycles. The fourth-order valence-electron chi connectivity index (χ4n) is 6.68. The molecule has 16 heteroatoms. The highest BCUT2D eigenvalue weighted by Crippen LogP contribution is 2.29. The van der Waals surface area contributed by atoms with Crippen LogP contribution >= 0.6 is 0 Å². The Morgan fingerprint density at radius 2 is 0.806 bits per heavy atom. The van der Waals surface area contributed by atoms with Gasteiger partial charge in [-0.15, -0.1) is 0 Å². The second kappa shape index (κ2) is 20.6. The van der Waals surface area contributed by atoms with E-state index in [4.69, 9.17) is 34.0 Å². The van der Waals surface area contributed by atoms with Crippen LogP contribution in [0.25, 0.3) is 0 Å². The summed E-state index contributed by atoms with van der Waals surface area (Å²) in [6.45, 7) is 0.803. The minimum atomic E-state index is -1.69. The van der Waals surface area contributed by atoms with E-state index in [0.717, 1.165) is 0 Å². The van der Waals surface area contributed by atoms with E-state index in [1.807, 2.05) is 0 Å². The van der Waals surface area contributed by atoms with Crippen LogP contribution in [0, 0.1) is 34.0 Å². The first-order valence-electron chi connectivity index (χ1n) is 19.5. The second-order valence-electron chi connectivity index (χ2n) is 14.3. The van der Waals surface area contributed by atoms with Gasteiger partial charge in [0.25, 0.3) is 0 Å². The Labute approximate surface area is 360 Å². The van der Waals surface area contributed by atoms with Gasteiger partial charge in [-0.2, -0.15) is 15.8 Å². The van der Waals surface area contributed by atoms with Gasteiger partial charge in [0.2, 0.25) is 0 Å². The van der Waals surface area contributed by atoms with Crippen molar-refractivity contribution in [1.29, 1.82) is 15.8 Å². The van der Waals surface area contributed by atoms with Crippen LogP contribution in [0.15, 0.2) is 127 Å². The van der Waals surface area contributed by atoms with Gasteiger partial charge in [-0.05, 0) is 156 Å². The Hall–Kier alpha value is -6.90. The van der Waals surface area contributed by atoms with Crippen LogP contribution in [-0.2, 0) is 29.0 Å². The molecule has 62 heavy (non-hydrogen) atoms. The predicted octanol–water partition coefficient (Wildman–Crippen LogP) is 4.87. The van der Waals surface area contributed by atoms with Crippen molar-refractivity contribution in [2.24, 2.45) is 0 Å². The molecule has 0 heterocycles. The lowest BCUT2D eigenvalue weighted by Gasteiger charge is -2.38. The molecule has 6 rings (SSSR count). The average molecular weight is 827 g/mol. The normalized spacial score (nSPS) is 11.6. The minimum absolute atomic E-state index is 0.189. The maximum atomic E-state index is 11.8. The lowest BCUT2D eigenvalue weighted by atomic mass is 9.44. The summed E-state index contributed by atoms with van der Waals surface area (Å²) in [4.78, 5) is 0. The maximum Gasteiger partial charge on any atom is 0.491 e. The van der Waals surface area contributed by atoms with Crippen molar-refractivity contribution >= 4 is 37.5 Å². The van der Waals surface area contributed by atoms with Crippen molar-refractivity contribution in [3.63, 3.8) is 0 Å². The highest BCUT2D eigenvalue weighted by Gasteiger charge is 2.46. The van der Waals surface area contributed by atoms with Gasteiger partial charge in [-0.3, -0.25) is 0 Å². The summed E-state index contributed by atoms with van der Waals surface area (Å²) in [5, 5.41) is 82.6. The minimum Gasteiger partial charge on any atom is -0.465 e. The smallest absolute Gasteiger partial charge is 0.465 e. The second-order valence-corrected chi connectivity index (χ2v) is 14.3. The summed E-state index contributed by atoms with van der Waals surface area (Å²) in [5.74, 6) is 2.43. The molecule has 0 aliphatic rings. The van der Waals surface area contributed by atoms with E-state index in [2.05, 4.69) is 18.2 Å². The Bertz CT molecular complexity index is 2610. The third-order valence-electron chi connectivity index (χ3n) is 10.2. The Kier molecular flexibility index (Phi) is 14.8. The summed E-state index contributed by atoms with van der Waals surface area (Å²) < 4.78 is 30.9. The lowest BCUT2D eigenvalue weighted by Crippen LogP contribution is -2.62. The topological polar surface area (TPSA) is 219 Å². The van der Waals surface area contributed by atoms with Gasteiger partial charge >= 0.3 is 21.2 Å². The molecule has 0 fully saturated rings. The Morgan fingerprint density at radius 1 is 0.484 bits per heavy atom. The summed E-state index contributed by atoms with van der Waals surface area (Å²) in [6.07, 6.45) is 0.189. The standard InChI is InChI=1S/C46H40B3N3O10/c1-3-46(2,61-48(56)44-20-17-41(23-35(44)29-54)59-38-12-6-32(26-51)7-13-38)47(43-19-16-40(22-34(43)28-53)58-37-10-4-31(25-50)5-11-37)62-49(57)45-21-18-42(24-36(45)30-55)60-39-14-8-33(27-52)9-15-39/h4-24,53-57H,3,28-30H2,1-2H3. The van der Waals surface area contributed by atoms with E-state index in [1.54, 1.807) is 141 Å². The number of nitrogens with zero attached hydrogens (tertiary/aromatic N) is 3. The predicted molar refractivity (Wildman–Crippen MR) is 232 cm³/mol. The first kappa shape index (κ1) is 44.7. The van der Waals surface area contributed by atoms with Gasteiger partial charge in [0.05, 0.1) is 60.2 Å². The summed E-state index contributed by atoms with van der Waals surface area (Å²) >= 11 is 0. The number of ether oxygens (including phenoxy) is 3. The SMILES string of the molecule is CCC(C)(OB(O)c1ccc(Oc2ccc(C#N)cc2)cc1CO)B(OB(O)c1ccc(Oc2ccc(C#N)cc2)cc1CO)c1ccc(Oc2ccc(C#N)cc2)cc1CO. The molecular weight excluding hydrogens is 787 g/mol. The molecule has 0 spiro atoms. The summed E-state index contributed by atoms with van der Waals surface area (Å²) in [6, 6.07) is 40.0. The summed E-state index contributed by atoms with van der Waals surface area (Å²) in [7, 11) is -3.33. The van der Waals surface area contributed by atoms with Crippen LogP contribution in [0.4, 0.5) is 0 Å². The fourth-order valence-corrected chi connectivity index (χ4v) is 6.68. The molecule has 0 aliphatic heterocycles. The zero-order chi connectivity index (χ0) is 44.2. The van der Waals surface area contributed by atoms with Crippen molar-refractivity contribution in [2.75, 3.05) is 0 Å². The molecule has 0 amide bonds. The van der Waals surface area contributed by atoms with Crippen LogP contribution < -0.4 is 30.6 Å². The van der Waals surface area contributed by atoms with Crippen molar-refractivity contribution < 1.29 is 48.8 Å². The Morgan fingerprint density at radius 3 is 1.15 bits per heavy atom. The molecule has 0 aromatic heterocycles. The zero-order valence-electron chi connectivity index (χ0n) is 33.8. The molecule has 5 N–H and O–H groups in total. The molecule has 0 radical (unpaired) electrons. The van der Waals surface area contributed by atoms with Crippen molar-refractivity contribution in [2.45, 2.75) is 45.6 Å². The number of aliphatic hydroxyl groups is 3. The molecule has 1 unspecified atom stereocenters. The molecular formula is C46H40B3N3O10. The monoisotopic (exact) mass is 827 g/mol. The maximum absolute atomic E-state index is 11.8. The molecule has 6 aromatic rings. The van der Waals surface area contributed by atoms with Crippen LogP contribution in [0.5, 0.6) is 34.5 Å². The number of nitriles is 3. The highest BCUT2D eigenvalue weighted by atomic mass is 16.6. The third kappa shape index (κ3) is 10.7. The van der Waals surface area contributed by atoms with Gasteiger partial charge in [0.1, 0.15) is 34.5 Å². The van der Waals surface area contributed by atoms with E-state index in [-0.39, 0.29) is 22.9 Å². The molecule has 0 bridgehead atoms. The van der Waals surface area contributed by atoms with Gasteiger partial charge in [-0.1, -0.05) is 25.1 Å². The quantitative estimate of drug-likeness (QED) is 0.0732. The molecule has 13 nitrogen and oxygen atoms in total. The van der Waals surface area contributed by atoms with Crippen LogP contribution in [0.1, 0.15) is 53.6 Å². The van der Waals surface area contributed by atoms with Crippen LogP contribution in [0.3, 0.4) is 0 Å². The number of benzene rings is 6.